The lowest BCUT2D eigenvalue weighted by Crippen LogP contribution is -2.28. The highest BCUT2D eigenvalue weighted by Gasteiger charge is 2.20. The Labute approximate surface area is 122 Å². The molecule has 1 heterocycles. The van der Waals surface area contributed by atoms with Gasteiger partial charge in [0.05, 0.1) is 5.70 Å². The molecule has 21 heavy (non-hydrogen) atoms. The number of hydrogen-bond donors (Lipinski definition) is 0. The number of carbonyl (C=O) groups excluding carboxylic acids is 1. The first-order valence-electron chi connectivity index (χ1n) is 7.15. The molecule has 0 bridgehead atoms. The molecule has 5 nitrogen and oxygen atoms in total. The molecule has 0 N–H and O–H groups in total. The fourth-order valence-electron chi connectivity index (χ4n) is 2.54. The van der Waals surface area contributed by atoms with E-state index in [2.05, 4.69) is 5.10 Å². The van der Waals surface area contributed by atoms with Crippen molar-refractivity contribution in [2.45, 2.75) is 32.6 Å². The number of rotatable bonds is 2. The van der Waals surface area contributed by atoms with E-state index in [-0.39, 0.29) is 5.91 Å². The first-order chi connectivity index (χ1) is 10.2. The standard InChI is InChI=1S/C16H17N3O2/c1-12(20)18-15(13-8-4-2-5-9-13)17-19(16(18)21)14-10-6-3-7-11-14/h4,6,8-11H,2-3,5,7H2,1H3. The highest BCUT2D eigenvalue weighted by atomic mass is 16.2. The summed E-state index contributed by atoms with van der Waals surface area (Å²) < 4.78 is 2.46. The minimum Gasteiger partial charge on any atom is -0.274 e. The maximum absolute atomic E-state index is 12.5. The quantitative estimate of drug-likeness (QED) is 0.838. The van der Waals surface area contributed by atoms with E-state index in [1.165, 1.54) is 11.6 Å². The Kier molecular flexibility index (Phi) is 3.56. The molecule has 0 saturated heterocycles. The topological polar surface area (TPSA) is 56.9 Å². The van der Waals surface area contributed by atoms with Gasteiger partial charge in [0.2, 0.25) is 5.91 Å². The maximum Gasteiger partial charge on any atom is 0.357 e. The smallest absolute Gasteiger partial charge is 0.274 e. The van der Waals surface area contributed by atoms with Crippen LogP contribution in [0, 0.1) is 0 Å². The van der Waals surface area contributed by atoms with Crippen molar-refractivity contribution < 1.29 is 4.79 Å². The third-order valence-electron chi connectivity index (χ3n) is 3.57. The van der Waals surface area contributed by atoms with Gasteiger partial charge in [-0.1, -0.05) is 30.4 Å². The van der Waals surface area contributed by atoms with E-state index in [0.717, 1.165) is 41.5 Å². The Hall–Kier alpha value is -2.43. The summed E-state index contributed by atoms with van der Waals surface area (Å²) in [5.74, 6) is 0.102. The second kappa shape index (κ2) is 5.52. The summed E-state index contributed by atoms with van der Waals surface area (Å²) in [7, 11) is 0. The molecule has 2 aliphatic rings. The van der Waals surface area contributed by atoms with Crippen LogP contribution in [0.4, 0.5) is 0 Å². The molecule has 5 heteroatoms. The summed E-state index contributed by atoms with van der Waals surface area (Å²) in [6.45, 7) is 1.38. The summed E-state index contributed by atoms with van der Waals surface area (Å²) in [5.41, 5.74) is 1.15. The Bertz CT molecular complexity index is 757. The molecule has 0 fully saturated rings. The van der Waals surface area contributed by atoms with E-state index in [4.69, 9.17) is 0 Å². The van der Waals surface area contributed by atoms with Crippen LogP contribution in [-0.4, -0.2) is 20.3 Å². The molecule has 1 aromatic rings. The van der Waals surface area contributed by atoms with Crippen molar-refractivity contribution in [1.82, 2.24) is 14.3 Å². The number of carbonyl (C=O) groups is 1. The third-order valence-corrected chi connectivity index (χ3v) is 3.57. The Balaban J connectivity index is 2.16. The average molecular weight is 283 g/mol. The minimum absolute atomic E-state index is 0.318. The van der Waals surface area contributed by atoms with Crippen LogP contribution in [0.25, 0.3) is 11.3 Å². The molecule has 0 radical (unpaired) electrons. The lowest BCUT2D eigenvalue weighted by molar-refractivity contribution is 0.0931. The fraction of sp³-hybridized carbons (Fsp3) is 0.312. The van der Waals surface area contributed by atoms with Crippen molar-refractivity contribution >= 4 is 17.2 Å². The largest absolute Gasteiger partial charge is 0.357 e. The highest BCUT2D eigenvalue weighted by molar-refractivity contribution is 5.82. The first-order valence-corrected chi connectivity index (χ1v) is 7.15. The predicted octanol–water partition coefficient (Wildman–Crippen LogP) is 2.63. The van der Waals surface area contributed by atoms with Crippen molar-refractivity contribution in [2.24, 2.45) is 0 Å². The fourth-order valence-corrected chi connectivity index (χ4v) is 2.54. The van der Waals surface area contributed by atoms with Gasteiger partial charge in [0.25, 0.3) is 0 Å². The summed E-state index contributed by atoms with van der Waals surface area (Å²) in [5, 5.41) is 4.39. The van der Waals surface area contributed by atoms with Gasteiger partial charge < -0.3 is 0 Å². The van der Waals surface area contributed by atoms with E-state index in [1.807, 2.05) is 36.5 Å². The molecule has 0 saturated carbocycles. The van der Waals surface area contributed by atoms with E-state index < -0.39 is 5.69 Å². The zero-order valence-corrected chi connectivity index (χ0v) is 12.0. The molecule has 0 aromatic carbocycles. The SMILES string of the molecule is CC(=O)n1c(C2=CCCC=C2)nn(C2=CCCC=C2)c1=O. The van der Waals surface area contributed by atoms with Crippen LogP contribution in [0.15, 0.2) is 41.3 Å². The number of allylic oxidation sites excluding steroid dienone is 8. The van der Waals surface area contributed by atoms with Gasteiger partial charge in [-0.15, -0.1) is 5.10 Å². The van der Waals surface area contributed by atoms with Crippen LogP contribution in [-0.2, 0) is 0 Å². The van der Waals surface area contributed by atoms with Gasteiger partial charge in [0.1, 0.15) is 0 Å². The van der Waals surface area contributed by atoms with E-state index in [9.17, 15) is 9.59 Å². The molecule has 0 unspecified atom stereocenters. The number of aromatic nitrogens is 3. The van der Waals surface area contributed by atoms with Crippen molar-refractivity contribution in [1.29, 1.82) is 0 Å². The first kappa shape index (κ1) is 13.5. The van der Waals surface area contributed by atoms with Gasteiger partial charge >= 0.3 is 5.69 Å². The van der Waals surface area contributed by atoms with Crippen LogP contribution in [0.5, 0.6) is 0 Å². The lowest BCUT2D eigenvalue weighted by Gasteiger charge is -2.06. The molecule has 0 atom stereocenters. The van der Waals surface area contributed by atoms with Gasteiger partial charge in [0, 0.05) is 12.5 Å². The van der Waals surface area contributed by atoms with Gasteiger partial charge in [0.15, 0.2) is 5.82 Å². The average Bonchev–Trinajstić information content (AvgIpc) is 2.87. The predicted molar refractivity (Wildman–Crippen MR) is 81.8 cm³/mol. The second-order valence-corrected chi connectivity index (χ2v) is 5.12. The molecular weight excluding hydrogens is 266 g/mol. The Morgan fingerprint density at radius 3 is 2.38 bits per heavy atom. The van der Waals surface area contributed by atoms with E-state index in [0.29, 0.717) is 5.82 Å². The van der Waals surface area contributed by atoms with Crippen LogP contribution in [0.1, 0.15) is 43.2 Å². The lowest BCUT2D eigenvalue weighted by atomic mass is 10.1. The van der Waals surface area contributed by atoms with Gasteiger partial charge in [-0.2, -0.15) is 4.68 Å². The van der Waals surface area contributed by atoms with E-state index in [1.54, 1.807) is 0 Å². The number of hydrogen-bond acceptors (Lipinski definition) is 3. The number of nitrogens with zero attached hydrogens (tertiary/aromatic N) is 3. The van der Waals surface area contributed by atoms with Crippen LogP contribution in [0.2, 0.25) is 0 Å². The molecule has 1 aromatic heterocycles. The zero-order valence-electron chi connectivity index (χ0n) is 12.0. The molecule has 0 aliphatic heterocycles. The summed E-state index contributed by atoms with van der Waals surface area (Å²) in [4.78, 5) is 24.3. The molecule has 0 amide bonds. The summed E-state index contributed by atoms with van der Waals surface area (Å²) in [6.07, 6.45) is 15.5. The van der Waals surface area contributed by atoms with Crippen molar-refractivity contribution in [3.8, 4) is 0 Å². The van der Waals surface area contributed by atoms with E-state index >= 15 is 0 Å². The zero-order chi connectivity index (χ0) is 14.8. The van der Waals surface area contributed by atoms with Crippen molar-refractivity contribution in [2.75, 3.05) is 0 Å². The van der Waals surface area contributed by atoms with Gasteiger partial charge in [-0.05, 0) is 31.8 Å². The molecule has 0 spiro atoms. The van der Waals surface area contributed by atoms with Crippen LogP contribution < -0.4 is 5.69 Å². The minimum atomic E-state index is -0.407. The van der Waals surface area contributed by atoms with Crippen molar-refractivity contribution in [3.63, 3.8) is 0 Å². The highest BCUT2D eigenvalue weighted by Crippen LogP contribution is 2.20. The van der Waals surface area contributed by atoms with Crippen molar-refractivity contribution in [3.05, 3.63) is 52.8 Å². The maximum atomic E-state index is 12.5. The normalized spacial score (nSPS) is 17.6. The molecular formula is C16H17N3O2. The monoisotopic (exact) mass is 283 g/mol. The summed E-state index contributed by atoms with van der Waals surface area (Å²) >= 11 is 0. The molecule has 2 aliphatic carbocycles. The second-order valence-electron chi connectivity index (χ2n) is 5.12. The van der Waals surface area contributed by atoms with Gasteiger partial charge in [-0.25, -0.2) is 9.36 Å². The molecule has 3 rings (SSSR count). The summed E-state index contributed by atoms with van der Waals surface area (Å²) in [6, 6.07) is 0. The molecule has 108 valence electrons. The third kappa shape index (κ3) is 2.46. The Morgan fingerprint density at radius 2 is 1.81 bits per heavy atom. The van der Waals surface area contributed by atoms with Gasteiger partial charge in [-0.3, -0.25) is 4.79 Å². The van der Waals surface area contributed by atoms with Crippen LogP contribution in [0.3, 0.4) is 0 Å². The Morgan fingerprint density at radius 1 is 1.10 bits per heavy atom. The van der Waals surface area contributed by atoms with Crippen LogP contribution >= 0.6 is 0 Å².